The number of nitrogens with one attached hydrogen (secondary N) is 1. The Hall–Kier alpha value is -1.30. The summed E-state index contributed by atoms with van der Waals surface area (Å²) in [5, 5.41) is 8.64. The van der Waals surface area contributed by atoms with Gasteiger partial charge in [-0.2, -0.15) is 11.8 Å². The van der Waals surface area contributed by atoms with E-state index < -0.39 is 11.5 Å². The van der Waals surface area contributed by atoms with E-state index in [1.165, 1.54) is 0 Å². The van der Waals surface area contributed by atoms with Crippen LogP contribution in [0.2, 0.25) is 0 Å². The molecule has 0 unspecified atom stereocenters. The zero-order valence-electron chi connectivity index (χ0n) is 7.61. The number of carbonyl (C=O) groups is 1. The minimum Gasteiger partial charge on any atom is -0.477 e. The van der Waals surface area contributed by atoms with Crippen LogP contribution < -0.4 is 5.56 Å². The van der Waals surface area contributed by atoms with Crippen LogP contribution in [-0.4, -0.2) is 26.8 Å². The summed E-state index contributed by atoms with van der Waals surface area (Å²) in [6.45, 7) is 1.98. The largest absolute Gasteiger partial charge is 0.477 e. The second-order valence-electron chi connectivity index (χ2n) is 2.52. The maximum atomic E-state index is 11.0. The number of thioether (sulfide) groups is 1. The molecule has 0 amide bonds. The maximum absolute atomic E-state index is 11.0. The van der Waals surface area contributed by atoms with Crippen LogP contribution in [0.5, 0.6) is 0 Å². The van der Waals surface area contributed by atoms with E-state index in [-0.39, 0.29) is 5.69 Å². The van der Waals surface area contributed by atoms with Crippen molar-refractivity contribution in [2.75, 3.05) is 5.75 Å². The third-order valence-electron chi connectivity index (χ3n) is 1.45. The van der Waals surface area contributed by atoms with Crippen molar-refractivity contribution in [1.29, 1.82) is 0 Å². The molecule has 5 nitrogen and oxygen atoms in total. The van der Waals surface area contributed by atoms with Gasteiger partial charge in [-0.3, -0.25) is 4.79 Å². The number of aromatic nitrogens is 2. The molecule has 0 aliphatic rings. The number of carboxylic acid groups (broad SMARTS) is 1. The number of aromatic carboxylic acids is 1. The highest BCUT2D eigenvalue weighted by Crippen LogP contribution is 2.06. The first kappa shape index (κ1) is 10.8. The molecule has 0 aliphatic carbocycles. The summed E-state index contributed by atoms with van der Waals surface area (Å²) in [5.74, 6) is 0.633. The van der Waals surface area contributed by atoms with Crippen LogP contribution >= 0.6 is 11.8 Å². The summed E-state index contributed by atoms with van der Waals surface area (Å²) < 4.78 is 0. The second-order valence-corrected chi connectivity index (χ2v) is 3.79. The molecule has 0 radical (unpaired) electrons. The molecule has 0 fully saturated rings. The molecule has 1 aromatic rings. The molecule has 1 aromatic heterocycles. The molecule has 0 spiro atoms. The fourth-order valence-electron chi connectivity index (χ4n) is 0.885. The zero-order valence-corrected chi connectivity index (χ0v) is 8.43. The lowest BCUT2D eigenvalue weighted by atomic mass is 10.4. The van der Waals surface area contributed by atoms with Crippen LogP contribution in [-0.2, 0) is 5.75 Å². The van der Waals surface area contributed by atoms with E-state index in [0.29, 0.717) is 11.6 Å². The fraction of sp³-hybridized carbons (Fsp3) is 0.375. The monoisotopic (exact) mass is 214 g/mol. The van der Waals surface area contributed by atoms with Gasteiger partial charge in [0.05, 0.1) is 5.75 Å². The van der Waals surface area contributed by atoms with Gasteiger partial charge in [-0.05, 0) is 5.75 Å². The number of hydrogen-bond donors (Lipinski definition) is 2. The first-order valence-corrected chi connectivity index (χ1v) is 5.20. The van der Waals surface area contributed by atoms with E-state index in [0.717, 1.165) is 11.8 Å². The molecule has 0 aliphatic heterocycles. The number of aromatic amines is 1. The second kappa shape index (κ2) is 4.80. The van der Waals surface area contributed by atoms with Crippen molar-refractivity contribution >= 4 is 17.7 Å². The quantitative estimate of drug-likeness (QED) is 0.771. The Bertz CT molecular complexity index is 388. The van der Waals surface area contributed by atoms with Gasteiger partial charge in [0.2, 0.25) is 0 Å². The lowest BCUT2D eigenvalue weighted by Crippen LogP contribution is -2.15. The molecule has 1 heterocycles. The summed E-state index contributed by atoms with van der Waals surface area (Å²) in [5.41, 5.74) is -0.635. The van der Waals surface area contributed by atoms with Crippen LogP contribution in [0.4, 0.5) is 0 Å². The summed E-state index contributed by atoms with van der Waals surface area (Å²) in [6.07, 6.45) is 0. The van der Waals surface area contributed by atoms with Gasteiger partial charge in [0.15, 0.2) is 5.69 Å². The predicted molar refractivity (Wildman–Crippen MR) is 53.7 cm³/mol. The van der Waals surface area contributed by atoms with Gasteiger partial charge in [-0.1, -0.05) is 6.92 Å². The van der Waals surface area contributed by atoms with E-state index in [1.807, 2.05) is 6.92 Å². The highest BCUT2D eigenvalue weighted by molar-refractivity contribution is 7.98. The Labute approximate surface area is 84.6 Å². The van der Waals surface area contributed by atoms with Crippen LogP contribution in [0.1, 0.15) is 23.2 Å². The smallest absolute Gasteiger partial charge is 0.354 e. The highest BCUT2D eigenvalue weighted by Gasteiger charge is 2.07. The molecule has 14 heavy (non-hydrogen) atoms. The standard InChI is InChI=1S/C8H10N2O3S/c1-2-14-4-6-9-5(8(12)13)3-7(11)10-6/h3H,2,4H2,1H3,(H,12,13)(H,9,10,11). The van der Waals surface area contributed by atoms with Crippen molar-refractivity contribution in [3.63, 3.8) is 0 Å². The van der Waals surface area contributed by atoms with Crippen LogP contribution in [0.15, 0.2) is 10.9 Å². The minimum atomic E-state index is -1.18. The summed E-state index contributed by atoms with van der Waals surface area (Å²) in [4.78, 5) is 27.8. The number of carboxylic acids is 1. The molecule has 1 rings (SSSR count). The molecule has 2 N–H and O–H groups in total. The topological polar surface area (TPSA) is 83.0 Å². The van der Waals surface area contributed by atoms with Gasteiger partial charge in [0.25, 0.3) is 5.56 Å². The Kier molecular flexibility index (Phi) is 3.70. The number of hydrogen-bond acceptors (Lipinski definition) is 4. The average Bonchev–Trinajstić information content (AvgIpc) is 2.14. The van der Waals surface area contributed by atoms with Gasteiger partial charge >= 0.3 is 5.97 Å². The van der Waals surface area contributed by atoms with Gasteiger partial charge in [0.1, 0.15) is 5.82 Å². The van der Waals surface area contributed by atoms with Crippen LogP contribution in [0.25, 0.3) is 0 Å². The van der Waals surface area contributed by atoms with Gasteiger partial charge in [0, 0.05) is 6.07 Å². The average molecular weight is 214 g/mol. The molecule has 0 saturated heterocycles. The molecule has 0 aromatic carbocycles. The van der Waals surface area contributed by atoms with Crippen molar-refractivity contribution in [2.24, 2.45) is 0 Å². The third-order valence-corrected chi connectivity index (χ3v) is 2.34. The molecule has 0 atom stereocenters. The van der Waals surface area contributed by atoms with Crippen molar-refractivity contribution in [1.82, 2.24) is 9.97 Å². The SMILES string of the molecule is CCSCc1nc(C(=O)O)cc(=O)[nH]1. The Morgan fingerprint density at radius 1 is 1.71 bits per heavy atom. The molecule has 6 heteroatoms. The van der Waals surface area contributed by atoms with E-state index in [4.69, 9.17) is 5.11 Å². The van der Waals surface area contributed by atoms with Crippen molar-refractivity contribution in [3.05, 3.63) is 27.9 Å². The maximum Gasteiger partial charge on any atom is 0.354 e. The Morgan fingerprint density at radius 2 is 2.43 bits per heavy atom. The van der Waals surface area contributed by atoms with Crippen molar-refractivity contribution in [3.8, 4) is 0 Å². The number of H-pyrrole nitrogens is 1. The molecule has 76 valence electrons. The minimum absolute atomic E-state index is 0.208. The third kappa shape index (κ3) is 2.88. The highest BCUT2D eigenvalue weighted by atomic mass is 32.2. The Balaban J connectivity index is 2.95. The molecular weight excluding hydrogens is 204 g/mol. The zero-order chi connectivity index (χ0) is 10.6. The Morgan fingerprint density at radius 3 is 3.00 bits per heavy atom. The van der Waals surface area contributed by atoms with Gasteiger partial charge < -0.3 is 10.1 Å². The van der Waals surface area contributed by atoms with Crippen LogP contribution in [0.3, 0.4) is 0 Å². The summed E-state index contributed by atoms with van der Waals surface area (Å²) in [7, 11) is 0. The number of rotatable bonds is 4. The van der Waals surface area contributed by atoms with E-state index in [2.05, 4.69) is 9.97 Å². The lowest BCUT2D eigenvalue weighted by molar-refractivity contribution is 0.0689. The summed E-state index contributed by atoms with van der Waals surface area (Å²) in [6, 6.07) is 0.975. The van der Waals surface area contributed by atoms with E-state index >= 15 is 0 Å². The van der Waals surface area contributed by atoms with Crippen molar-refractivity contribution < 1.29 is 9.90 Å². The lowest BCUT2D eigenvalue weighted by Gasteiger charge is -1.99. The normalized spacial score (nSPS) is 10.1. The number of nitrogens with zero attached hydrogens (tertiary/aromatic N) is 1. The summed E-state index contributed by atoms with van der Waals surface area (Å²) >= 11 is 1.56. The molecular formula is C8H10N2O3S. The van der Waals surface area contributed by atoms with Crippen LogP contribution in [0, 0.1) is 0 Å². The first-order valence-electron chi connectivity index (χ1n) is 4.04. The van der Waals surface area contributed by atoms with E-state index in [9.17, 15) is 9.59 Å². The molecule has 0 saturated carbocycles. The van der Waals surface area contributed by atoms with Crippen molar-refractivity contribution in [2.45, 2.75) is 12.7 Å². The van der Waals surface area contributed by atoms with Gasteiger partial charge in [-0.25, -0.2) is 9.78 Å². The fourth-order valence-corrected chi connectivity index (χ4v) is 1.42. The predicted octanol–water partition coefficient (Wildman–Crippen LogP) is 0.721. The molecule has 0 bridgehead atoms. The van der Waals surface area contributed by atoms with Gasteiger partial charge in [-0.15, -0.1) is 0 Å². The first-order chi connectivity index (χ1) is 6.63. The van der Waals surface area contributed by atoms with E-state index in [1.54, 1.807) is 11.8 Å².